The van der Waals surface area contributed by atoms with Gasteiger partial charge in [-0.15, -0.1) is 0 Å². The van der Waals surface area contributed by atoms with Gasteiger partial charge >= 0.3 is 33.6 Å². The molecule has 0 heterocycles. The lowest BCUT2D eigenvalue weighted by Crippen LogP contribution is -2.30. The molecule has 498 valence electrons. The van der Waals surface area contributed by atoms with Gasteiger partial charge in [0.1, 0.15) is 25.4 Å². The number of phosphoric acid groups is 2. The van der Waals surface area contributed by atoms with Crippen molar-refractivity contribution in [2.45, 2.75) is 322 Å². The van der Waals surface area contributed by atoms with Crippen molar-refractivity contribution in [2.24, 2.45) is 0 Å². The molecule has 16 nitrogen and oxygen atoms in total. The predicted molar refractivity (Wildman–Crippen MR) is 344 cm³/mol. The zero-order valence-corrected chi connectivity index (χ0v) is 55.6. The molecule has 0 radical (unpaired) electrons. The minimum Gasteiger partial charge on any atom is -0.463 e. The number of rotatable bonds is 65. The Kier molecular flexibility index (Phi) is 59.9. The topological polar surface area (TPSA) is 231 Å². The van der Waals surface area contributed by atoms with Crippen molar-refractivity contribution in [3.8, 4) is 0 Å². The first kappa shape index (κ1) is 82.5. The molecule has 0 saturated carbocycles. The van der Waals surface area contributed by atoms with E-state index >= 15 is 0 Å². The lowest BCUT2D eigenvalue weighted by Gasteiger charge is -2.21. The molecule has 0 rings (SSSR count). The number of unbranched alkanes of at least 4 members (excludes halogenated alkanes) is 34. The maximum absolute atomic E-state index is 12.9. The molecule has 0 amide bonds. The summed E-state index contributed by atoms with van der Waals surface area (Å²) in [4.78, 5) is 58.2. The van der Waals surface area contributed by atoms with Crippen LogP contribution in [0.15, 0.2) is 48.6 Å². The fourth-order valence-electron chi connectivity index (χ4n) is 9.32. The van der Waals surface area contributed by atoms with Crippen molar-refractivity contribution in [3.63, 3.8) is 0 Å². The third-order valence-corrected chi connectivity index (χ3v) is 16.5. The zero-order chi connectivity index (χ0) is 62.4. The highest BCUT2D eigenvalue weighted by Gasteiger charge is 2.29. The Balaban J connectivity index is 4.53. The van der Waals surface area contributed by atoms with Crippen LogP contribution in [0.4, 0.5) is 0 Å². The van der Waals surface area contributed by atoms with Gasteiger partial charge in [0, 0.05) is 19.3 Å². The van der Waals surface area contributed by atoms with E-state index in [1.807, 2.05) is 0 Å². The molecule has 4 N–H and O–H groups in total. The number of aliphatic hydroxyl groups excluding tert-OH is 2. The molecule has 5 atom stereocenters. The largest absolute Gasteiger partial charge is 0.472 e. The van der Waals surface area contributed by atoms with Crippen molar-refractivity contribution >= 4 is 33.6 Å². The van der Waals surface area contributed by atoms with E-state index in [0.29, 0.717) is 19.3 Å². The van der Waals surface area contributed by atoms with Gasteiger partial charge in [0.2, 0.25) is 0 Å². The molecule has 0 aromatic rings. The summed E-state index contributed by atoms with van der Waals surface area (Å²) in [6.45, 7) is 2.66. The Labute approximate surface area is 517 Å². The first-order valence-corrected chi connectivity index (χ1v) is 36.9. The summed E-state index contributed by atoms with van der Waals surface area (Å²) in [6.07, 6.45) is 60.2. The molecule has 0 spiro atoms. The van der Waals surface area contributed by atoms with E-state index in [2.05, 4.69) is 69.4 Å². The average molecular weight is 1250 g/mol. The van der Waals surface area contributed by atoms with Gasteiger partial charge in [0.25, 0.3) is 0 Å². The number of esters is 3. The van der Waals surface area contributed by atoms with Gasteiger partial charge in [0.05, 0.1) is 26.4 Å². The molecule has 0 aliphatic rings. The highest BCUT2D eigenvalue weighted by Crippen LogP contribution is 2.45. The van der Waals surface area contributed by atoms with Crippen LogP contribution in [-0.4, -0.2) is 95.9 Å². The number of aliphatic hydroxyl groups is 2. The fourth-order valence-corrected chi connectivity index (χ4v) is 10.9. The van der Waals surface area contributed by atoms with Crippen LogP contribution in [0.25, 0.3) is 0 Å². The van der Waals surface area contributed by atoms with E-state index in [4.69, 9.17) is 32.3 Å². The van der Waals surface area contributed by atoms with E-state index < -0.39 is 91.5 Å². The normalized spacial score (nSPS) is 14.6. The number of ether oxygens (including phenoxy) is 3. The Hall–Kier alpha value is -2.49. The van der Waals surface area contributed by atoms with Crippen LogP contribution in [0.5, 0.6) is 0 Å². The van der Waals surface area contributed by atoms with Crippen molar-refractivity contribution < 1.29 is 75.8 Å². The Morgan fingerprint density at radius 3 is 0.953 bits per heavy atom. The van der Waals surface area contributed by atoms with E-state index in [9.17, 15) is 43.5 Å². The standard InChI is InChI=1S/C67H124O16P2/c1-4-7-10-13-16-19-22-25-26-27-28-29-30-31-32-33-34-37-39-41-44-47-50-53-65(70)77-56-62(68)57-79-84(73,74)80-58-63(69)59-81-85(75,76)82-61-64(83-67(72)55-52-49-46-43-40-36-24-21-18-15-12-9-6-3)60-78-66(71)54-51-48-45-42-38-35-23-20-17-14-11-8-5-2/h16,19,25-26,28-29,31-32,62-64,68-69H,4-15,17-18,20-24,27,30,33-61H2,1-3H3,(H,73,74)(H,75,76)/b19-16-,26-25-,29-28-,32-31-. The van der Waals surface area contributed by atoms with Gasteiger partial charge in [-0.2, -0.15) is 0 Å². The quantitative estimate of drug-likeness (QED) is 0.0146. The number of carbonyl (C=O) groups excluding carboxylic acids is 3. The molecule has 85 heavy (non-hydrogen) atoms. The molecular weight excluding hydrogens is 1120 g/mol. The van der Waals surface area contributed by atoms with Crippen LogP contribution in [0.2, 0.25) is 0 Å². The number of hydrogen-bond donors (Lipinski definition) is 4. The van der Waals surface area contributed by atoms with Crippen molar-refractivity contribution in [1.82, 2.24) is 0 Å². The minimum absolute atomic E-state index is 0.113. The second-order valence-electron chi connectivity index (χ2n) is 23.0. The van der Waals surface area contributed by atoms with Gasteiger partial charge in [-0.05, 0) is 64.2 Å². The first-order valence-electron chi connectivity index (χ1n) is 33.9. The van der Waals surface area contributed by atoms with Crippen molar-refractivity contribution in [2.75, 3.05) is 39.6 Å². The number of allylic oxidation sites excluding steroid dienone is 8. The lowest BCUT2D eigenvalue weighted by atomic mass is 10.0. The monoisotopic (exact) mass is 1250 g/mol. The summed E-state index contributed by atoms with van der Waals surface area (Å²) in [5.74, 6) is -1.56. The Morgan fingerprint density at radius 2 is 0.588 bits per heavy atom. The summed E-state index contributed by atoms with van der Waals surface area (Å²) in [5, 5.41) is 20.5. The molecule has 0 fully saturated rings. The van der Waals surface area contributed by atoms with Crippen molar-refractivity contribution in [1.29, 1.82) is 0 Å². The Bertz CT molecular complexity index is 1760. The van der Waals surface area contributed by atoms with Crippen LogP contribution in [0.1, 0.15) is 303 Å². The predicted octanol–water partition coefficient (Wildman–Crippen LogP) is 18.4. The summed E-state index contributed by atoms with van der Waals surface area (Å²) in [6, 6.07) is 0. The third-order valence-electron chi connectivity index (χ3n) is 14.6. The average Bonchev–Trinajstić information content (AvgIpc) is 3.51. The third kappa shape index (κ3) is 62.9. The number of hydrogen-bond acceptors (Lipinski definition) is 14. The molecule has 0 aromatic heterocycles. The summed E-state index contributed by atoms with van der Waals surface area (Å²) < 4.78 is 60.8. The first-order chi connectivity index (χ1) is 41.2. The molecule has 18 heteroatoms. The van der Waals surface area contributed by atoms with Gasteiger partial charge < -0.3 is 34.2 Å². The van der Waals surface area contributed by atoms with E-state index in [1.54, 1.807) is 0 Å². The minimum atomic E-state index is -4.91. The van der Waals surface area contributed by atoms with E-state index in [1.165, 1.54) is 135 Å². The maximum Gasteiger partial charge on any atom is 0.472 e. The molecule has 0 aliphatic carbocycles. The molecule has 0 saturated heterocycles. The molecule has 0 aliphatic heterocycles. The van der Waals surface area contributed by atoms with Gasteiger partial charge in [-0.25, -0.2) is 9.13 Å². The van der Waals surface area contributed by atoms with Crippen molar-refractivity contribution in [3.05, 3.63) is 48.6 Å². The van der Waals surface area contributed by atoms with Gasteiger partial charge in [-0.1, -0.05) is 268 Å². The highest BCUT2D eigenvalue weighted by molar-refractivity contribution is 7.47. The zero-order valence-electron chi connectivity index (χ0n) is 53.8. The summed E-state index contributed by atoms with van der Waals surface area (Å²) in [5.41, 5.74) is 0. The second kappa shape index (κ2) is 61.7. The molecular formula is C67H124O16P2. The molecule has 0 aromatic carbocycles. The van der Waals surface area contributed by atoms with E-state index in [0.717, 1.165) is 109 Å². The summed E-state index contributed by atoms with van der Waals surface area (Å²) in [7, 11) is -9.75. The second-order valence-corrected chi connectivity index (χ2v) is 25.9. The fraction of sp³-hybridized carbons (Fsp3) is 0.836. The van der Waals surface area contributed by atoms with E-state index in [-0.39, 0.29) is 19.3 Å². The van der Waals surface area contributed by atoms with Crippen LogP contribution in [-0.2, 0) is 55.8 Å². The lowest BCUT2D eigenvalue weighted by molar-refractivity contribution is -0.161. The Morgan fingerprint density at radius 1 is 0.329 bits per heavy atom. The molecule has 5 unspecified atom stereocenters. The highest BCUT2D eigenvalue weighted by atomic mass is 31.2. The number of carbonyl (C=O) groups is 3. The number of phosphoric ester groups is 2. The maximum atomic E-state index is 12.9. The smallest absolute Gasteiger partial charge is 0.463 e. The van der Waals surface area contributed by atoms with Gasteiger partial charge in [0.15, 0.2) is 6.10 Å². The van der Waals surface area contributed by atoms with Crippen LogP contribution < -0.4 is 0 Å². The van der Waals surface area contributed by atoms with Crippen LogP contribution in [0, 0.1) is 0 Å². The van der Waals surface area contributed by atoms with Crippen LogP contribution in [0.3, 0.4) is 0 Å². The summed E-state index contributed by atoms with van der Waals surface area (Å²) >= 11 is 0. The van der Waals surface area contributed by atoms with Gasteiger partial charge in [-0.3, -0.25) is 32.5 Å². The van der Waals surface area contributed by atoms with Crippen LogP contribution >= 0.6 is 15.6 Å². The SMILES string of the molecule is CCCCC/C=C\C/C=C\C/C=C\C/C=C\CCCCCCCCCC(=O)OCC(O)COP(=O)(O)OCC(O)COP(=O)(O)OCC(COC(=O)CCCCCCCCCCCCCCC)OC(=O)CCCCCCCCCCCCCCC. The molecule has 0 bridgehead atoms.